The van der Waals surface area contributed by atoms with Gasteiger partial charge in [0.25, 0.3) is 5.91 Å². The van der Waals surface area contributed by atoms with Crippen molar-refractivity contribution in [3.63, 3.8) is 0 Å². The van der Waals surface area contributed by atoms with Crippen molar-refractivity contribution in [1.29, 1.82) is 0 Å². The minimum Gasteiger partial charge on any atom is -0.372 e. The molecule has 0 aliphatic carbocycles. The van der Waals surface area contributed by atoms with E-state index in [0.717, 1.165) is 44.4 Å². The summed E-state index contributed by atoms with van der Waals surface area (Å²) in [6, 6.07) is 12.2. The van der Waals surface area contributed by atoms with Crippen LogP contribution in [0.15, 0.2) is 40.9 Å². The topological polar surface area (TPSA) is 71.4 Å². The smallest absolute Gasteiger partial charge is 0.254 e. The first kappa shape index (κ1) is 18.9. The second-order valence-corrected chi connectivity index (χ2v) is 8.31. The van der Waals surface area contributed by atoms with E-state index >= 15 is 0 Å². The number of nitrogens with zero attached hydrogens (tertiary/aromatic N) is 2. The molecule has 0 radical (unpaired) electrons. The monoisotopic (exact) mass is 403 g/mol. The molecule has 1 saturated heterocycles. The third kappa shape index (κ3) is 3.08. The Hall–Kier alpha value is -3.12. The number of hydrogen-bond donors (Lipinski definition) is 1. The molecule has 2 aromatic heterocycles. The van der Waals surface area contributed by atoms with Gasteiger partial charge in [0.05, 0.1) is 17.9 Å². The molecule has 1 amide bonds. The van der Waals surface area contributed by atoms with E-state index in [2.05, 4.69) is 28.3 Å². The Labute approximate surface area is 174 Å². The van der Waals surface area contributed by atoms with E-state index in [-0.39, 0.29) is 18.1 Å². The van der Waals surface area contributed by atoms with Gasteiger partial charge in [-0.3, -0.25) is 4.79 Å². The van der Waals surface area contributed by atoms with Gasteiger partial charge in [0.1, 0.15) is 5.76 Å². The van der Waals surface area contributed by atoms with Gasteiger partial charge < -0.3 is 19.1 Å². The molecule has 1 fully saturated rings. The van der Waals surface area contributed by atoms with Crippen molar-refractivity contribution in [2.45, 2.75) is 39.9 Å². The first-order valence-electron chi connectivity index (χ1n) is 10.3. The van der Waals surface area contributed by atoms with E-state index in [4.69, 9.17) is 9.26 Å². The summed E-state index contributed by atoms with van der Waals surface area (Å²) in [5.41, 5.74) is 5.73. The third-order valence-corrected chi connectivity index (χ3v) is 5.87. The number of benzene rings is 2. The fourth-order valence-corrected chi connectivity index (χ4v) is 4.61. The maximum atomic E-state index is 13.1. The minimum atomic E-state index is 0.0530. The molecule has 1 aliphatic heterocycles. The molecule has 5 rings (SSSR count). The van der Waals surface area contributed by atoms with Gasteiger partial charge in [-0.2, -0.15) is 0 Å². The van der Waals surface area contributed by atoms with E-state index < -0.39 is 0 Å². The lowest BCUT2D eigenvalue weighted by atomic mass is 10.0. The van der Waals surface area contributed by atoms with Crippen molar-refractivity contribution in [2.24, 2.45) is 0 Å². The summed E-state index contributed by atoms with van der Waals surface area (Å²) < 4.78 is 11.1. The lowest BCUT2D eigenvalue weighted by molar-refractivity contribution is -0.0586. The fourth-order valence-electron chi connectivity index (χ4n) is 4.61. The number of nitrogens with one attached hydrogen (secondary N) is 1. The molecule has 30 heavy (non-hydrogen) atoms. The van der Waals surface area contributed by atoms with Gasteiger partial charge in [0.15, 0.2) is 0 Å². The van der Waals surface area contributed by atoms with Crippen LogP contribution in [-0.2, 0) is 4.74 Å². The van der Waals surface area contributed by atoms with Gasteiger partial charge in [0.2, 0.25) is 0 Å². The van der Waals surface area contributed by atoms with Gasteiger partial charge in [0, 0.05) is 46.0 Å². The lowest BCUT2D eigenvalue weighted by Gasteiger charge is -2.35. The standard InChI is InChI=1S/C24H25N3O3/c1-13-11-27(12-14(2)29-13)24(28)18-6-8-21-20(9-18)19-7-5-17(10-22(19)25-21)23-15(3)26-30-16(23)4/h5-10,13-14,25H,11-12H2,1-4H3. The molecule has 4 aromatic rings. The van der Waals surface area contributed by atoms with Crippen molar-refractivity contribution in [3.05, 3.63) is 53.4 Å². The van der Waals surface area contributed by atoms with Crippen molar-refractivity contribution < 1.29 is 14.1 Å². The van der Waals surface area contributed by atoms with Gasteiger partial charge in [-0.05, 0) is 57.5 Å². The Morgan fingerprint density at radius 3 is 2.50 bits per heavy atom. The Bertz CT molecular complexity index is 1240. The van der Waals surface area contributed by atoms with Crippen molar-refractivity contribution in [3.8, 4) is 11.1 Å². The van der Waals surface area contributed by atoms with Crippen LogP contribution < -0.4 is 0 Å². The van der Waals surface area contributed by atoms with Gasteiger partial charge in [-0.1, -0.05) is 17.3 Å². The van der Waals surface area contributed by atoms with E-state index in [9.17, 15) is 4.79 Å². The number of amides is 1. The number of morpholine rings is 1. The van der Waals surface area contributed by atoms with E-state index in [1.165, 1.54) is 0 Å². The largest absolute Gasteiger partial charge is 0.372 e. The molecule has 2 atom stereocenters. The predicted molar refractivity (Wildman–Crippen MR) is 117 cm³/mol. The number of fused-ring (bicyclic) bond motifs is 3. The number of aromatic amines is 1. The molecular weight excluding hydrogens is 378 g/mol. The highest BCUT2D eigenvalue weighted by atomic mass is 16.5. The number of carbonyl (C=O) groups excluding carboxylic acids is 1. The van der Waals surface area contributed by atoms with E-state index in [0.29, 0.717) is 18.7 Å². The second-order valence-electron chi connectivity index (χ2n) is 8.31. The highest BCUT2D eigenvalue weighted by Crippen LogP contribution is 2.33. The van der Waals surface area contributed by atoms with Gasteiger partial charge in [-0.25, -0.2) is 0 Å². The van der Waals surface area contributed by atoms with Crippen molar-refractivity contribution in [2.75, 3.05) is 13.1 Å². The Morgan fingerprint density at radius 2 is 1.80 bits per heavy atom. The van der Waals surface area contributed by atoms with Crippen LogP contribution >= 0.6 is 0 Å². The summed E-state index contributed by atoms with van der Waals surface area (Å²) in [4.78, 5) is 18.5. The Kier molecular flexibility index (Phi) is 4.40. The highest BCUT2D eigenvalue weighted by Gasteiger charge is 2.27. The van der Waals surface area contributed by atoms with Crippen molar-refractivity contribution >= 4 is 27.7 Å². The second kappa shape index (κ2) is 6.99. The average molecular weight is 403 g/mol. The zero-order chi connectivity index (χ0) is 21.0. The summed E-state index contributed by atoms with van der Waals surface area (Å²) in [6.45, 7) is 9.14. The number of carbonyl (C=O) groups is 1. The Morgan fingerprint density at radius 1 is 1.03 bits per heavy atom. The van der Waals surface area contributed by atoms with Crippen LogP contribution in [0.3, 0.4) is 0 Å². The zero-order valence-corrected chi connectivity index (χ0v) is 17.7. The lowest BCUT2D eigenvalue weighted by Crippen LogP contribution is -2.48. The van der Waals surface area contributed by atoms with Crippen LogP contribution in [0.2, 0.25) is 0 Å². The van der Waals surface area contributed by atoms with E-state index in [1.807, 2.05) is 50.8 Å². The summed E-state index contributed by atoms with van der Waals surface area (Å²) in [7, 11) is 0. The zero-order valence-electron chi connectivity index (χ0n) is 17.7. The highest BCUT2D eigenvalue weighted by molar-refractivity contribution is 6.10. The van der Waals surface area contributed by atoms with Crippen LogP contribution in [0.4, 0.5) is 0 Å². The average Bonchev–Trinajstić information content (AvgIpc) is 3.24. The molecule has 0 saturated carbocycles. The molecule has 154 valence electrons. The van der Waals surface area contributed by atoms with E-state index in [1.54, 1.807) is 0 Å². The normalized spacial score (nSPS) is 19.7. The van der Waals surface area contributed by atoms with Crippen LogP contribution in [0, 0.1) is 13.8 Å². The fraction of sp³-hybridized carbons (Fsp3) is 0.333. The molecule has 3 heterocycles. The SMILES string of the molecule is Cc1noc(C)c1-c1ccc2c(c1)[nH]c1ccc(C(=O)N3CC(C)OC(C)C3)cc12. The van der Waals surface area contributed by atoms with Gasteiger partial charge >= 0.3 is 0 Å². The summed E-state index contributed by atoms with van der Waals surface area (Å²) >= 11 is 0. The van der Waals surface area contributed by atoms with Crippen molar-refractivity contribution in [1.82, 2.24) is 15.0 Å². The molecule has 2 aromatic carbocycles. The summed E-state index contributed by atoms with van der Waals surface area (Å²) in [5, 5.41) is 6.21. The molecule has 6 nitrogen and oxygen atoms in total. The van der Waals surface area contributed by atoms with Crippen LogP contribution in [0.5, 0.6) is 0 Å². The number of hydrogen-bond acceptors (Lipinski definition) is 4. The molecule has 2 unspecified atom stereocenters. The molecule has 0 bridgehead atoms. The number of aryl methyl sites for hydroxylation is 2. The molecule has 1 aliphatic rings. The predicted octanol–water partition coefficient (Wildman–Crippen LogP) is 4.84. The first-order valence-corrected chi connectivity index (χ1v) is 10.3. The number of rotatable bonds is 2. The molecule has 1 N–H and O–H groups in total. The molecular formula is C24H25N3O3. The third-order valence-electron chi connectivity index (χ3n) is 5.87. The number of ether oxygens (including phenoxy) is 1. The van der Waals surface area contributed by atoms with Crippen LogP contribution in [-0.4, -0.2) is 46.2 Å². The minimum absolute atomic E-state index is 0.0530. The Balaban J connectivity index is 1.54. The maximum Gasteiger partial charge on any atom is 0.254 e. The number of aromatic nitrogens is 2. The first-order chi connectivity index (χ1) is 14.4. The molecule has 6 heteroatoms. The maximum absolute atomic E-state index is 13.1. The van der Waals surface area contributed by atoms with Crippen LogP contribution in [0.25, 0.3) is 32.9 Å². The quantitative estimate of drug-likeness (QED) is 0.520. The number of H-pyrrole nitrogens is 1. The summed E-state index contributed by atoms with van der Waals surface area (Å²) in [5.74, 6) is 0.866. The van der Waals surface area contributed by atoms with Gasteiger partial charge in [-0.15, -0.1) is 0 Å². The summed E-state index contributed by atoms with van der Waals surface area (Å²) in [6.07, 6.45) is 0.106. The van der Waals surface area contributed by atoms with Crippen LogP contribution in [0.1, 0.15) is 35.7 Å². The molecule has 0 spiro atoms.